The van der Waals surface area contributed by atoms with Gasteiger partial charge in [-0.3, -0.25) is 9.69 Å². The first-order valence-electron chi connectivity index (χ1n) is 5.49. The van der Waals surface area contributed by atoms with Crippen molar-refractivity contribution in [2.24, 2.45) is 0 Å². The van der Waals surface area contributed by atoms with Gasteiger partial charge in [0.05, 0.1) is 12.5 Å². The van der Waals surface area contributed by atoms with Crippen LogP contribution in [0.15, 0.2) is 0 Å². The van der Waals surface area contributed by atoms with E-state index >= 15 is 0 Å². The van der Waals surface area contributed by atoms with Crippen LogP contribution in [-0.4, -0.2) is 35.5 Å². The summed E-state index contributed by atoms with van der Waals surface area (Å²) in [6, 6.07) is 2.33. The fourth-order valence-electron chi connectivity index (χ4n) is 1.97. The Labute approximate surface area is 91.2 Å². The Kier molecular flexibility index (Phi) is 4.10. The molecule has 1 aliphatic rings. The number of hydrogen-bond donors (Lipinski definition) is 1. The lowest BCUT2D eigenvalue weighted by Crippen LogP contribution is -2.47. The maximum atomic E-state index is 11.8. The minimum Gasteiger partial charge on any atom is -0.352 e. The predicted molar refractivity (Wildman–Crippen MR) is 58.1 cm³/mol. The topological polar surface area (TPSA) is 56.1 Å². The number of amides is 1. The third-order valence-electron chi connectivity index (χ3n) is 2.86. The molecule has 4 nitrogen and oxygen atoms in total. The highest BCUT2D eigenvalue weighted by atomic mass is 16.2. The molecular weight excluding hydrogens is 190 g/mol. The summed E-state index contributed by atoms with van der Waals surface area (Å²) in [5.41, 5.74) is 0. The quantitative estimate of drug-likeness (QED) is 0.734. The smallest absolute Gasteiger partial charge is 0.238 e. The lowest BCUT2D eigenvalue weighted by Gasteiger charge is -2.30. The Morgan fingerprint density at radius 1 is 1.67 bits per heavy atom. The van der Waals surface area contributed by atoms with Crippen molar-refractivity contribution in [3.63, 3.8) is 0 Å². The van der Waals surface area contributed by atoms with Gasteiger partial charge in [0.25, 0.3) is 0 Å². The van der Waals surface area contributed by atoms with Crippen LogP contribution in [0.2, 0.25) is 0 Å². The first-order valence-corrected chi connectivity index (χ1v) is 5.49. The van der Waals surface area contributed by atoms with Crippen molar-refractivity contribution in [1.29, 1.82) is 5.26 Å². The average molecular weight is 209 g/mol. The van der Waals surface area contributed by atoms with Gasteiger partial charge in [-0.15, -0.1) is 0 Å². The Bertz CT molecular complexity index is 269. The largest absolute Gasteiger partial charge is 0.352 e. The van der Waals surface area contributed by atoms with E-state index < -0.39 is 0 Å². The van der Waals surface area contributed by atoms with Crippen LogP contribution in [0.5, 0.6) is 0 Å². The molecule has 0 aromatic heterocycles. The monoisotopic (exact) mass is 209 g/mol. The fraction of sp³-hybridized carbons (Fsp3) is 0.818. The predicted octanol–water partition coefficient (Wildman–Crippen LogP) is 0.887. The molecule has 84 valence electrons. The standard InChI is InChI=1S/C11H19N3O/c1-8(2)14-7-5-9(3)13-11(15)10(14)4-6-12/h8-10H,4-5,7H2,1-3H3,(H,13,15). The van der Waals surface area contributed by atoms with Crippen LogP contribution >= 0.6 is 0 Å². The molecule has 1 aliphatic heterocycles. The Morgan fingerprint density at radius 3 is 2.87 bits per heavy atom. The fourth-order valence-corrected chi connectivity index (χ4v) is 1.97. The van der Waals surface area contributed by atoms with Gasteiger partial charge < -0.3 is 5.32 Å². The van der Waals surface area contributed by atoms with Gasteiger partial charge in [0.2, 0.25) is 5.91 Å². The number of hydrogen-bond acceptors (Lipinski definition) is 3. The highest BCUT2D eigenvalue weighted by Crippen LogP contribution is 2.14. The van der Waals surface area contributed by atoms with E-state index in [0.717, 1.165) is 13.0 Å². The van der Waals surface area contributed by atoms with Crippen LogP contribution in [0.1, 0.15) is 33.6 Å². The minimum absolute atomic E-state index is 0.00440. The Morgan fingerprint density at radius 2 is 2.33 bits per heavy atom. The lowest BCUT2D eigenvalue weighted by atomic mass is 10.1. The summed E-state index contributed by atoms with van der Waals surface area (Å²) in [5, 5.41) is 11.7. The summed E-state index contributed by atoms with van der Waals surface area (Å²) in [5.74, 6) is -0.00440. The van der Waals surface area contributed by atoms with E-state index in [1.807, 2.05) is 6.92 Å². The van der Waals surface area contributed by atoms with Crippen molar-refractivity contribution in [3.05, 3.63) is 0 Å². The molecule has 1 heterocycles. The molecule has 0 bridgehead atoms. The van der Waals surface area contributed by atoms with Gasteiger partial charge in [-0.25, -0.2) is 0 Å². The van der Waals surface area contributed by atoms with Crippen molar-refractivity contribution in [3.8, 4) is 6.07 Å². The third kappa shape index (κ3) is 2.93. The Balaban J connectivity index is 2.82. The maximum Gasteiger partial charge on any atom is 0.238 e. The molecule has 0 aromatic rings. The average Bonchev–Trinajstić information content (AvgIpc) is 2.27. The van der Waals surface area contributed by atoms with Gasteiger partial charge >= 0.3 is 0 Å². The van der Waals surface area contributed by atoms with Crippen LogP contribution in [0.4, 0.5) is 0 Å². The van der Waals surface area contributed by atoms with E-state index in [9.17, 15) is 4.79 Å². The van der Waals surface area contributed by atoms with Crippen molar-refractivity contribution in [2.45, 2.75) is 51.7 Å². The number of nitrogens with one attached hydrogen (secondary N) is 1. The molecule has 1 saturated heterocycles. The summed E-state index contributed by atoms with van der Waals surface area (Å²) in [6.45, 7) is 7.01. The zero-order valence-electron chi connectivity index (χ0n) is 9.66. The zero-order chi connectivity index (χ0) is 11.4. The van der Waals surface area contributed by atoms with Gasteiger partial charge in [-0.1, -0.05) is 0 Å². The highest BCUT2D eigenvalue weighted by Gasteiger charge is 2.31. The van der Waals surface area contributed by atoms with E-state index in [1.165, 1.54) is 0 Å². The van der Waals surface area contributed by atoms with E-state index in [2.05, 4.69) is 30.1 Å². The molecule has 1 rings (SSSR count). The second-order valence-corrected chi connectivity index (χ2v) is 4.41. The van der Waals surface area contributed by atoms with Crippen molar-refractivity contribution >= 4 is 5.91 Å². The molecule has 0 radical (unpaired) electrons. The second-order valence-electron chi connectivity index (χ2n) is 4.41. The van der Waals surface area contributed by atoms with Crippen molar-refractivity contribution < 1.29 is 4.79 Å². The van der Waals surface area contributed by atoms with Gasteiger partial charge in [0, 0.05) is 18.6 Å². The number of carbonyl (C=O) groups is 1. The number of nitrogens with zero attached hydrogens (tertiary/aromatic N) is 2. The SMILES string of the molecule is CC1CCN(C(C)C)C(CC#N)C(=O)N1. The first-order chi connectivity index (χ1) is 7.06. The van der Waals surface area contributed by atoms with Gasteiger partial charge in [-0.2, -0.15) is 5.26 Å². The molecule has 0 aromatic carbocycles. The molecule has 0 spiro atoms. The van der Waals surface area contributed by atoms with Gasteiger partial charge in [0.15, 0.2) is 0 Å². The van der Waals surface area contributed by atoms with Crippen LogP contribution in [0.25, 0.3) is 0 Å². The third-order valence-corrected chi connectivity index (χ3v) is 2.86. The molecule has 0 saturated carbocycles. The van der Waals surface area contributed by atoms with Crippen LogP contribution < -0.4 is 5.32 Å². The van der Waals surface area contributed by atoms with Crippen molar-refractivity contribution in [2.75, 3.05) is 6.54 Å². The van der Waals surface area contributed by atoms with Crippen LogP contribution in [0, 0.1) is 11.3 Å². The van der Waals surface area contributed by atoms with E-state index in [0.29, 0.717) is 6.04 Å². The highest BCUT2D eigenvalue weighted by molar-refractivity contribution is 5.82. The molecule has 1 fully saturated rings. The van der Waals surface area contributed by atoms with Crippen molar-refractivity contribution in [1.82, 2.24) is 10.2 Å². The summed E-state index contributed by atoms with van der Waals surface area (Å²) in [7, 11) is 0. The normalized spacial score (nSPS) is 28.3. The minimum atomic E-state index is -0.278. The molecule has 2 atom stereocenters. The molecule has 0 aliphatic carbocycles. The second kappa shape index (κ2) is 5.13. The van der Waals surface area contributed by atoms with Gasteiger partial charge in [-0.05, 0) is 27.2 Å². The molecule has 4 heteroatoms. The summed E-state index contributed by atoms with van der Waals surface area (Å²) >= 11 is 0. The maximum absolute atomic E-state index is 11.8. The van der Waals surface area contributed by atoms with E-state index in [4.69, 9.17) is 5.26 Å². The van der Waals surface area contributed by atoms with E-state index in [-0.39, 0.29) is 24.4 Å². The number of carbonyl (C=O) groups excluding carboxylic acids is 1. The van der Waals surface area contributed by atoms with Crippen LogP contribution in [-0.2, 0) is 4.79 Å². The summed E-state index contributed by atoms with van der Waals surface area (Å²) < 4.78 is 0. The Hall–Kier alpha value is -1.08. The van der Waals surface area contributed by atoms with Crippen LogP contribution in [0.3, 0.4) is 0 Å². The molecule has 1 N–H and O–H groups in total. The summed E-state index contributed by atoms with van der Waals surface area (Å²) in [6.07, 6.45) is 1.22. The first kappa shape index (κ1) is 12.0. The molecule has 1 amide bonds. The molecular formula is C11H19N3O. The molecule has 2 unspecified atom stereocenters. The zero-order valence-corrected chi connectivity index (χ0v) is 9.66. The number of nitriles is 1. The summed E-state index contributed by atoms with van der Waals surface area (Å²) in [4.78, 5) is 13.9. The number of rotatable bonds is 2. The molecule has 15 heavy (non-hydrogen) atoms. The lowest BCUT2D eigenvalue weighted by molar-refractivity contribution is -0.126. The van der Waals surface area contributed by atoms with E-state index in [1.54, 1.807) is 0 Å². The van der Waals surface area contributed by atoms with Gasteiger partial charge in [0.1, 0.15) is 6.04 Å².